The average molecular weight is 501 g/mol. The SMILES string of the molecule is CC(C=NC(C(=O)N1CCCC1C1=NC(C(=O)c2ccc(F)cc2)CS1)C1CCCCC1)N(C)C. The van der Waals surface area contributed by atoms with Gasteiger partial charge in [0.15, 0.2) is 5.78 Å². The van der Waals surface area contributed by atoms with E-state index >= 15 is 0 Å². The molecule has 2 fully saturated rings. The normalized spacial score (nSPS) is 25.3. The lowest BCUT2D eigenvalue weighted by atomic mass is 9.83. The van der Waals surface area contributed by atoms with Crippen molar-refractivity contribution in [2.24, 2.45) is 15.9 Å². The summed E-state index contributed by atoms with van der Waals surface area (Å²) in [5.41, 5.74) is 0.475. The predicted molar refractivity (Wildman–Crippen MR) is 141 cm³/mol. The first-order chi connectivity index (χ1) is 16.8. The van der Waals surface area contributed by atoms with Crippen LogP contribution in [0.2, 0.25) is 0 Å². The highest BCUT2D eigenvalue weighted by molar-refractivity contribution is 8.14. The van der Waals surface area contributed by atoms with Crippen molar-refractivity contribution in [1.82, 2.24) is 9.80 Å². The van der Waals surface area contributed by atoms with Crippen LogP contribution in [0.3, 0.4) is 0 Å². The van der Waals surface area contributed by atoms with Gasteiger partial charge >= 0.3 is 0 Å². The monoisotopic (exact) mass is 500 g/mol. The minimum absolute atomic E-state index is 0.0777. The van der Waals surface area contributed by atoms with Gasteiger partial charge in [-0.2, -0.15) is 0 Å². The van der Waals surface area contributed by atoms with Crippen LogP contribution in [-0.2, 0) is 4.79 Å². The molecule has 1 amide bonds. The fraction of sp³-hybridized carbons (Fsp3) is 0.630. The molecule has 190 valence electrons. The third kappa shape index (κ3) is 6.20. The molecule has 0 spiro atoms. The van der Waals surface area contributed by atoms with E-state index in [9.17, 15) is 14.0 Å². The molecule has 4 rings (SSSR count). The summed E-state index contributed by atoms with van der Waals surface area (Å²) in [4.78, 5) is 40.5. The van der Waals surface area contributed by atoms with Crippen LogP contribution in [0.25, 0.3) is 0 Å². The number of carbonyl (C=O) groups is 2. The van der Waals surface area contributed by atoms with Crippen LogP contribution in [0.5, 0.6) is 0 Å². The van der Waals surface area contributed by atoms with Crippen molar-refractivity contribution in [2.45, 2.75) is 76.0 Å². The Balaban J connectivity index is 1.50. The van der Waals surface area contributed by atoms with Gasteiger partial charge in [0.05, 0.1) is 11.1 Å². The molecule has 35 heavy (non-hydrogen) atoms. The van der Waals surface area contributed by atoms with E-state index in [-0.39, 0.29) is 41.6 Å². The third-order valence-corrected chi connectivity index (χ3v) is 8.71. The lowest BCUT2D eigenvalue weighted by molar-refractivity contribution is -0.133. The Hall–Kier alpha value is -2.06. The molecule has 3 aliphatic rings. The van der Waals surface area contributed by atoms with Crippen LogP contribution in [0.15, 0.2) is 34.3 Å². The van der Waals surface area contributed by atoms with E-state index in [0.717, 1.165) is 43.6 Å². The number of carbonyl (C=O) groups excluding carboxylic acids is 2. The number of nitrogens with zero attached hydrogens (tertiary/aromatic N) is 4. The molecular formula is C27H37FN4O2S. The standard InChI is InChI=1S/C27H37FN4O2S/c1-18(31(2)3)16-29-24(19-8-5-4-6-9-19)27(34)32-15-7-10-23(32)26-30-22(17-35-26)25(33)20-11-13-21(28)14-12-20/h11-14,16,18-19,22-24H,4-10,15,17H2,1-3H3. The number of thioether (sulfide) groups is 1. The van der Waals surface area contributed by atoms with Gasteiger partial charge in [-0.25, -0.2) is 4.39 Å². The van der Waals surface area contributed by atoms with Crippen molar-refractivity contribution in [3.63, 3.8) is 0 Å². The first-order valence-electron chi connectivity index (χ1n) is 12.9. The van der Waals surface area contributed by atoms with Gasteiger partial charge in [0.25, 0.3) is 0 Å². The van der Waals surface area contributed by atoms with E-state index in [1.807, 2.05) is 25.2 Å². The number of hydrogen-bond donors (Lipinski definition) is 0. The zero-order valence-electron chi connectivity index (χ0n) is 21.0. The van der Waals surface area contributed by atoms with E-state index in [2.05, 4.69) is 11.8 Å². The molecule has 4 unspecified atom stereocenters. The van der Waals surface area contributed by atoms with Gasteiger partial charge in [-0.05, 0) is 76.9 Å². The molecule has 2 heterocycles. The lowest BCUT2D eigenvalue weighted by Crippen LogP contribution is -2.47. The molecule has 6 nitrogen and oxygen atoms in total. The topological polar surface area (TPSA) is 65.3 Å². The summed E-state index contributed by atoms with van der Waals surface area (Å²) in [6.07, 6.45) is 9.38. The third-order valence-electron chi connectivity index (χ3n) is 7.55. The number of ketones is 1. The fourth-order valence-corrected chi connectivity index (χ4v) is 6.35. The van der Waals surface area contributed by atoms with Crippen molar-refractivity contribution < 1.29 is 14.0 Å². The van der Waals surface area contributed by atoms with Crippen LogP contribution in [0.4, 0.5) is 4.39 Å². The first-order valence-corrected chi connectivity index (χ1v) is 13.8. The summed E-state index contributed by atoms with van der Waals surface area (Å²) in [6.45, 7) is 2.80. The van der Waals surface area contributed by atoms with Crippen molar-refractivity contribution in [2.75, 3.05) is 26.4 Å². The minimum atomic E-state index is -0.480. The second-order valence-electron chi connectivity index (χ2n) is 10.2. The second-order valence-corrected chi connectivity index (χ2v) is 11.2. The number of halogens is 1. The van der Waals surface area contributed by atoms with E-state index in [4.69, 9.17) is 9.98 Å². The Kier molecular flexibility index (Phi) is 8.76. The van der Waals surface area contributed by atoms with Gasteiger partial charge in [0.1, 0.15) is 17.9 Å². The van der Waals surface area contributed by atoms with Gasteiger partial charge in [-0.1, -0.05) is 19.3 Å². The van der Waals surface area contributed by atoms with E-state index < -0.39 is 6.04 Å². The molecular weight excluding hydrogens is 463 g/mol. The summed E-state index contributed by atoms with van der Waals surface area (Å²) < 4.78 is 13.3. The van der Waals surface area contributed by atoms with Crippen molar-refractivity contribution in [3.05, 3.63) is 35.6 Å². The maximum Gasteiger partial charge on any atom is 0.248 e. The highest BCUT2D eigenvalue weighted by atomic mass is 32.2. The number of Topliss-reactive ketones (excluding diaryl/α,β-unsaturated/α-hetero) is 1. The van der Waals surface area contributed by atoms with Crippen LogP contribution < -0.4 is 0 Å². The average Bonchev–Trinajstić information content (AvgIpc) is 3.54. The van der Waals surface area contributed by atoms with Crippen LogP contribution in [-0.4, -0.2) is 83.3 Å². The maximum atomic E-state index is 13.9. The minimum Gasteiger partial charge on any atom is -0.332 e. The zero-order valence-corrected chi connectivity index (χ0v) is 21.8. The molecule has 4 atom stereocenters. The molecule has 2 aliphatic heterocycles. The molecule has 1 saturated carbocycles. The van der Waals surface area contributed by atoms with Crippen LogP contribution in [0, 0.1) is 11.7 Å². The first kappa shape index (κ1) is 26.0. The van der Waals surface area contributed by atoms with Gasteiger partial charge in [0.2, 0.25) is 5.91 Å². The summed E-state index contributed by atoms with van der Waals surface area (Å²) in [5, 5.41) is 0.879. The van der Waals surface area contributed by atoms with Crippen molar-refractivity contribution in [3.8, 4) is 0 Å². The molecule has 0 bridgehead atoms. The number of rotatable bonds is 8. The lowest BCUT2D eigenvalue weighted by Gasteiger charge is -2.33. The van der Waals surface area contributed by atoms with Crippen LogP contribution >= 0.6 is 11.8 Å². The maximum absolute atomic E-state index is 13.9. The molecule has 1 aromatic carbocycles. The summed E-state index contributed by atoms with van der Waals surface area (Å²) in [5.74, 6) is 0.508. The number of hydrogen-bond acceptors (Lipinski definition) is 6. The van der Waals surface area contributed by atoms with E-state index in [1.165, 1.54) is 30.7 Å². The molecule has 0 radical (unpaired) electrons. The highest BCUT2D eigenvalue weighted by Crippen LogP contribution is 2.34. The van der Waals surface area contributed by atoms with E-state index in [1.54, 1.807) is 11.8 Å². The van der Waals surface area contributed by atoms with Crippen LogP contribution in [0.1, 0.15) is 62.2 Å². The molecule has 8 heteroatoms. The van der Waals surface area contributed by atoms with Gasteiger partial charge in [-0.3, -0.25) is 19.6 Å². The van der Waals surface area contributed by atoms with Crippen molar-refractivity contribution in [1.29, 1.82) is 0 Å². The molecule has 0 aromatic heterocycles. The Morgan fingerprint density at radius 1 is 1.14 bits per heavy atom. The Bertz CT molecular complexity index is 958. The molecule has 1 saturated heterocycles. The Morgan fingerprint density at radius 2 is 1.86 bits per heavy atom. The quantitative estimate of drug-likeness (QED) is 0.390. The number of amides is 1. The number of aliphatic imine (C=N–C) groups is 2. The van der Waals surface area contributed by atoms with Gasteiger partial charge in [-0.15, -0.1) is 11.8 Å². The Morgan fingerprint density at radius 3 is 2.54 bits per heavy atom. The van der Waals surface area contributed by atoms with Crippen molar-refractivity contribution >= 4 is 34.7 Å². The molecule has 0 N–H and O–H groups in total. The zero-order chi connectivity index (χ0) is 24.9. The molecule has 1 aliphatic carbocycles. The number of likely N-dealkylation sites (tertiary alicyclic amines) is 1. The smallest absolute Gasteiger partial charge is 0.248 e. The fourth-order valence-electron chi connectivity index (χ4n) is 5.16. The highest BCUT2D eigenvalue weighted by Gasteiger charge is 2.41. The second kappa shape index (κ2) is 11.8. The molecule has 1 aromatic rings. The number of benzene rings is 1. The van der Waals surface area contributed by atoms with Gasteiger partial charge < -0.3 is 9.80 Å². The largest absolute Gasteiger partial charge is 0.332 e. The Labute approximate surface area is 212 Å². The summed E-state index contributed by atoms with van der Waals surface area (Å²) >= 11 is 1.58. The summed E-state index contributed by atoms with van der Waals surface area (Å²) in [7, 11) is 4.04. The summed E-state index contributed by atoms with van der Waals surface area (Å²) in [6, 6.07) is 4.90. The van der Waals surface area contributed by atoms with E-state index in [0.29, 0.717) is 17.9 Å². The van der Waals surface area contributed by atoms with Gasteiger partial charge in [0, 0.05) is 30.1 Å². The predicted octanol–water partition coefficient (Wildman–Crippen LogP) is 4.48.